The summed E-state index contributed by atoms with van der Waals surface area (Å²) in [6.07, 6.45) is 4.84. The van der Waals surface area contributed by atoms with E-state index in [0.717, 1.165) is 0 Å². The van der Waals surface area contributed by atoms with Crippen molar-refractivity contribution in [3.05, 3.63) is 49.6 Å². The number of esters is 1. The number of amides is 3. The lowest BCUT2D eigenvalue weighted by Gasteiger charge is -2.36. The largest absolute Gasteiger partial charge is 0.497 e. The number of anilines is 1. The highest BCUT2D eigenvalue weighted by Gasteiger charge is 2.75. The van der Waals surface area contributed by atoms with Crippen molar-refractivity contribution in [1.82, 2.24) is 10.2 Å². The molecule has 1 aromatic carbocycles. The number of nitrogens with one attached hydrogen (secondary N) is 1. The van der Waals surface area contributed by atoms with Crippen LogP contribution >= 0.6 is 0 Å². The third kappa shape index (κ3) is 6.47. The van der Waals surface area contributed by atoms with Crippen molar-refractivity contribution >= 4 is 29.4 Å². The Hall–Kier alpha value is -3.70. The van der Waals surface area contributed by atoms with Gasteiger partial charge in [-0.25, -0.2) is 0 Å². The fourth-order valence-electron chi connectivity index (χ4n) is 6.59. The highest BCUT2D eigenvalue weighted by Crippen LogP contribution is 2.59. The zero-order valence-electron chi connectivity index (χ0n) is 25.0. The highest BCUT2D eigenvalue weighted by molar-refractivity contribution is 6.04. The summed E-state index contributed by atoms with van der Waals surface area (Å²) in [5, 5.41) is 12.1. The summed E-state index contributed by atoms with van der Waals surface area (Å²) >= 11 is 0. The van der Waals surface area contributed by atoms with E-state index < -0.39 is 41.7 Å². The quantitative estimate of drug-likeness (QED) is 0.169. The molecule has 2 N–H and O–H groups in total. The van der Waals surface area contributed by atoms with Crippen LogP contribution in [0.1, 0.15) is 45.4 Å². The zero-order chi connectivity index (χ0) is 31.1. The number of benzene rings is 1. The Morgan fingerprint density at radius 2 is 1.98 bits per heavy atom. The fourth-order valence-corrected chi connectivity index (χ4v) is 6.59. The second kappa shape index (κ2) is 14.2. The third-order valence-electron chi connectivity index (χ3n) is 8.55. The van der Waals surface area contributed by atoms with Crippen molar-refractivity contribution < 1.29 is 38.5 Å². The van der Waals surface area contributed by atoms with Crippen LogP contribution in [0.5, 0.6) is 5.75 Å². The summed E-state index contributed by atoms with van der Waals surface area (Å²) in [7, 11) is 1.56. The molecule has 3 heterocycles. The number of carbonyl (C=O) groups is 4. The molecule has 3 fully saturated rings. The van der Waals surface area contributed by atoms with Crippen LogP contribution < -0.4 is 15.0 Å². The van der Waals surface area contributed by atoms with Gasteiger partial charge >= 0.3 is 5.97 Å². The molecule has 3 amide bonds. The number of likely N-dealkylation sites (tertiary alicyclic amines) is 1. The van der Waals surface area contributed by atoms with E-state index in [2.05, 4.69) is 18.5 Å². The van der Waals surface area contributed by atoms with Gasteiger partial charge in [-0.15, -0.1) is 13.2 Å². The van der Waals surface area contributed by atoms with Gasteiger partial charge in [-0.1, -0.05) is 12.2 Å². The summed E-state index contributed by atoms with van der Waals surface area (Å²) in [4.78, 5) is 57.2. The molecule has 43 heavy (non-hydrogen) atoms. The molecule has 3 saturated heterocycles. The first-order valence-electron chi connectivity index (χ1n) is 15.0. The molecule has 2 bridgehead atoms. The Morgan fingerprint density at radius 3 is 2.63 bits per heavy atom. The molecule has 0 unspecified atom stereocenters. The number of rotatable bonds is 16. The number of ether oxygens (including phenoxy) is 3. The van der Waals surface area contributed by atoms with Gasteiger partial charge in [0.25, 0.3) is 5.91 Å². The van der Waals surface area contributed by atoms with Crippen LogP contribution in [0.4, 0.5) is 5.69 Å². The van der Waals surface area contributed by atoms with Crippen LogP contribution in [-0.4, -0.2) is 90.9 Å². The van der Waals surface area contributed by atoms with Gasteiger partial charge < -0.3 is 34.4 Å². The number of allylic oxidation sites excluding steroid dienone is 1. The van der Waals surface area contributed by atoms with Crippen molar-refractivity contribution in [2.24, 2.45) is 11.8 Å². The summed E-state index contributed by atoms with van der Waals surface area (Å²) in [5.41, 5.74) is -0.573. The molecule has 6 atom stereocenters. The van der Waals surface area contributed by atoms with Gasteiger partial charge in [-0.2, -0.15) is 0 Å². The average molecular weight is 598 g/mol. The summed E-state index contributed by atoms with van der Waals surface area (Å²) in [6.45, 7) is 9.65. The lowest BCUT2D eigenvalue weighted by Crippen LogP contribution is -2.56. The zero-order valence-corrected chi connectivity index (χ0v) is 25.0. The van der Waals surface area contributed by atoms with Gasteiger partial charge in [0.15, 0.2) is 0 Å². The minimum Gasteiger partial charge on any atom is -0.497 e. The van der Waals surface area contributed by atoms with Crippen molar-refractivity contribution in [2.75, 3.05) is 38.3 Å². The Kier molecular flexibility index (Phi) is 10.6. The first-order valence-corrected chi connectivity index (χ1v) is 15.0. The van der Waals surface area contributed by atoms with E-state index in [1.54, 1.807) is 55.4 Å². The number of hydrogen-bond acceptors (Lipinski definition) is 8. The van der Waals surface area contributed by atoms with E-state index in [1.165, 1.54) is 4.90 Å². The van der Waals surface area contributed by atoms with Crippen LogP contribution in [0.15, 0.2) is 49.6 Å². The Balaban J connectivity index is 1.59. The van der Waals surface area contributed by atoms with E-state index >= 15 is 0 Å². The van der Waals surface area contributed by atoms with Gasteiger partial charge in [-0.3, -0.25) is 19.2 Å². The lowest BCUT2D eigenvalue weighted by atomic mass is 9.70. The van der Waals surface area contributed by atoms with E-state index in [0.29, 0.717) is 50.0 Å². The molecule has 1 aromatic rings. The second-order valence-electron chi connectivity index (χ2n) is 11.3. The SMILES string of the molecule is C=CCCC(=O)NC[C@H](C)OC(=O)[C@@H]1[C@@H]2CC[C@]3(O2)[C@H](C(=O)N(CC=C)c2ccc(OC)cc2)N(CCCCO)C(=O)[C@@H]13. The van der Waals surface area contributed by atoms with Crippen molar-refractivity contribution in [2.45, 2.75) is 69.3 Å². The first kappa shape index (κ1) is 32.2. The molecule has 0 saturated carbocycles. The lowest BCUT2D eigenvalue weighted by molar-refractivity contribution is -0.159. The standard InChI is InChI=1S/C32H43N3O8/c1-5-7-10-25(37)33-20-21(3)42-31(40)26-24-15-16-32(43-24)27(26)29(38)35(18-8-9-19-36)28(32)30(39)34(17-6-2)22-11-13-23(41-4)14-12-22/h5-6,11-14,21,24,26-28,36H,1-2,7-10,15-20H2,3-4H3,(H,33,37)/t21-,24-,26+,27+,28-,32+/m0/s1. The molecule has 0 aromatic heterocycles. The van der Waals surface area contributed by atoms with Gasteiger partial charge in [0.2, 0.25) is 11.8 Å². The minimum absolute atomic E-state index is 0.0425. The molecular weight excluding hydrogens is 554 g/mol. The van der Waals surface area contributed by atoms with Crippen LogP contribution in [0.25, 0.3) is 0 Å². The monoisotopic (exact) mass is 597 g/mol. The first-order chi connectivity index (χ1) is 20.7. The van der Waals surface area contributed by atoms with Gasteiger partial charge in [0, 0.05) is 31.8 Å². The maximum atomic E-state index is 14.4. The van der Waals surface area contributed by atoms with E-state index in [9.17, 15) is 24.3 Å². The number of hydrogen-bond donors (Lipinski definition) is 2. The Morgan fingerprint density at radius 1 is 1.23 bits per heavy atom. The highest BCUT2D eigenvalue weighted by atomic mass is 16.6. The van der Waals surface area contributed by atoms with Crippen LogP contribution in [0.3, 0.4) is 0 Å². The molecule has 11 heteroatoms. The predicted octanol–water partition coefficient (Wildman–Crippen LogP) is 2.38. The number of nitrogens with zero attached hydrogens (tertiary/aromatic N) is 2. The molecule has 234 valence electrons. The average Bonchev–Trinajstić information content (AvgIpc) is 3.65. The second-order valence-corrected chi connectivity index (χ2v) is 11.3. The Labute approximate surface area is 252 Å². The van der Waals surface area contributed by atoms with Crippen LogP contribution in [0, 0.1) is 11.8 Å². The van der Waals surface area contributed by atoms with E-state index in [-0.39, 0.29) is 44.0 Å². The molecular formula is C32H43N3O8. The summed E-state index contributed by atoms with van der Waals surface area (Å²) in [6, 6.07) is 6.09. The topological polar surface area (TPSA) is 135 Å². The molecule has 3 aliphatic heterocycles. The summed E-state index contributed by atoms with van der Waals surface area (Å²) in [5.74, 6) is -2.49. The molecule has 3 aliphatic rings. The Bertz CT molecular complexity index is 1200. The van der Waals surface area contributed by atoms with Gasteiger partial charge in [-0.05, 0) is 63.3 Å². The maximum Gasteiger partial charge on any atom is 0.312 e. The van der Waals surface area contributed by atoms with E-state index in [1.807, 2.05) is 0 Å². The van der Waals surface area contributed by atoms with Crippen LogP contribution in [0.2, 0.25) is 0 Å². The fraction of sp³-hybridized carbons (Fsp3) is 0.562. The number of unbranched alkanes of at least 4 members (excludes halogenated alkanes) is 1. The smallest absolute Gasteiger partial charge is 0.312 e. The molecule has 1 spiro atoms. The van der Waals surface area contributed by atoms with E-state index in [4.69, 9.17) is 14.2 Å². The van der Waals surface area contributed by atoms with Crippen molar-refractivity contribution in [1.29, 1.82) is 0 Å². The maximum absolute atomic E-state index is 14.4. The van der Waals surface area contributed by atoms with Crippen molar-refractivity contribution in [3.63, 3.8) is 0 Å². The van der Waals surface area contributed by atoms with Gasteiger partial charge in [0.1, 0.15) is 23.5 Å². The van der Waals surface area contributed by atoms with Crippen molar-refractivity contribution in [3.8, 4) is 5.75 Å². The molecule has 0 aliphatic carbocycles. The number of methoxy groups -OCH3 is 1. The predicted molar refractivity (Wildman–Crippen MR) is 159 cm³/mol. The minimum atomic E-state index is -1.18. The molecule has 4 rings (SSSR count). The number of aliphatic hydroxyl groups is 1. The summed E-state index contributed by atoms with van der Waals surface area (Å²) < 4.78 is 17.5. The molecule has 0 radical (unpaired) electrons. The number of carbonyl (C=O) groups excluding carboxylic acids is 4. The number of aliphatic hydroxyl groups excluding tert-OH is 1. The normalized spacial score (nSPS) is 26.0. The molecule has 11 nitrogen and oxygen atoms in total. The van der Waals surface area contributed by atoms with Gasteiger partial charge in [0.05, 0.1) is 31.6 Å². The van der Waals surface area contributed by atoms with Crippen LogP contribution in [-0.2, 0) is 28.7 Å². The number of fused-ring (bicyclic) bond motifs is 1. The third-order valence-corrected chi connectivity index (χ3v) is 8.55.